The van der Waals surface area contributed by atoms with E-state index in [1.54, 1.807) is 11.3 Å². The molecular formula is C14H16FN3O2S. The summed E-state index contributed by atoms with van der Waals surface area (Å²) >= 11 is 1.59. The minimum atomic E-state index is -0.527. The van der Waals surface area contributed by atoms with Crippen molar-refractivity contribution >= 4 is 17.0 Å². The molecule has 5 nitrogen and oxygen atoms in total. The maximum atomic E-state index is 13.7. The van der Waals surface area contributed by atoms with Crippen molar-refractivity contribution in [1.29, 1.82) is 0 Å². The second-order valence-electron chi connectivity index (χ2n) is 4.66. The number of aryl methyl sites for hydroxylation is 1. The van der Waals surface area contributed by atoms with Gasteiger partial charge in [-0.2, -0.15) is 0 Å². The standard InChI is InChI=1S/C14H16FN3O2S/c1-3-14-17-13(8-21-14)9(2)16-7-10-6-11(18(19)20)4-5-12(10)15/h4-6,8-9,16H,3,7H2,1-2H3. The number of nitro groups is 1. The number of rotatable bonds is 6. The molecule has 0 aliphatic carbocycles. The number of nitro benzene ring substituents is 1. The first-order chi connectivity index (χ1) is 10.0. The number of benzene rings is 1. The van der Waals surface area contributed by atoms with Gasteiger partial charge >= 0.3 is 0 Å². The minimum absolute atomic E-state index is 0.0415. The van der Waals surface area contributed by atoms with Gasteiger partial charge < -0.3 is 5.32 Å². The lowest BCUT2D eigenvalue weighted by atomic mass is 10.1. The molecule has 7 heteroatoms. The molecular weight excluding hydrogens is 293 g/mol. The van der Waals surface area contributed by atoms with Crippen molar-refractivity contribution in [2.24, 2.45) is 0 Å². The molecule has 1 N–H and O–H groups in total. The predicted octanol–water partition coefficient (Wildman–Crippen LogP) is 3.60. The average molecular weight is 309 g/mol. The van der Waals surface area contributed by atoms with E-state index in [1.165, 1.54) is 6.07 Å². The van der Waals surface area contributed by atoms with E-state index in [-0.39, 0.29) is 23.8 Å². The second-order valence-corrected chi connectivity index (χ2v) is 5.60. The molecule has 1 unspecified atom stereocenters. The first-order valence-electron chi connectivity index (χ1n) is 6.61. The number of hydrogen-bond donors (Lipinski definition) is 1. The van der Waals surface area contributed by atoms with Gasteiger partial charge in [-0.3, -0.25) is 10.1 Å². The summed E-state index contributed by atoms with van der Waals surface area (Å²) < 4.78 is 13.7. The van der Waals surface area contributed by atoms with E-state index in [4.69, 9.17) is 0 Å². The summed E-state index contributed by atoms with van der Waals surface area (Å²) in [5.74, 6) is -0.451. The summed E-state index contributed by atoms with van der Waals surface area (Å²) in [5.41, 5.74) is 1.08. The van der Waals surface area contributed by atoms with E-state index in [0.717, 1.165) is 29.3 Å². The fraction of sp³-hybridized carbons (Fsp3) is 0.357. The molecule has 0 saturated carbocycles. The van der Waals surface area contributed by atoms with Gasteiger partial charge in [-0.25, -0.2) is 9.37 Å². The monoisotopic (exact) mass is 309 g/mol. The van der Waals surface area contributed by atoms with Crippen molar-refractivity contribution in [2.45, 2.75) is 32.9 Å². The van der Waals surface area contributed by atoms with Crippen LogP contribution in [0, 0.1) is 15.9 Å². The zero-order valence-corrected chi connectivity index (χ0v) is 12.6. The van der Waals surface area contributed by atoms with Gasteiger partial charge in [-0.1, -0.05) is 6.92 Å². The van der Waals surface area contributed by atoms with E-state index in [2.05, 4.69) is 10.3 Å². The number of non-ortho nitro benzene ring substituents is 1. The van der Waals surface area contributed by atoms with Gasteiger partial charge in [0.2, 0.25) is 0 Å². The Labute approximate surface area is 126 Å². The molecule has 2 aromatic rings. The number of thiazole rings is 1. The molecule has 1 atom stereocenters. The van der Waals surface area contributed by atoms with Crippen LogP contribution in [0.15, 0.2) is 23.6 Å². The van der Waals surface area contributed by atoms with Crippen molar-refractivity contribution in [3.8, 4) is 0 Å². The van der Waals surface area contributed by atoms with Gasteiger partial charge in [0.05, 0.1) is 15.6 Å². The summed E-state index contributed by atoms with van der Waals surface area (Å²) in [5, 5.41) is 16.9. The van der Waals surface area contributed by atoms with E-state index in [1.807, 2.05) is 19.2 Å². The van der Waals surface area contributed by atoms with Crippen LogP contribution >= 0.6 is 11.3 Å². The Morgan fingerprint density at radius 2 is 2.29 bits per heavy atom. The van der Waals surface area contributed by atoms with Crippen LogP contribution < -0.4 is 5.32 Å². The maximum Gasteiger partial charge on any atom is 0.269 e. The van der Waals surface area contributed by atoms with Gasteiger partial charge in [0.15, 0.2) is 0 Å². The quantitative estimate of drug-likeness (QED) is 0.654. The summed E-state index contributed by atoms with van der Waals surface area (Å²) in [6.45, 7) is 4.19. The van der Waals surface area contributed by atoms with Crippen molar-refractivity contribution in [3.05, 3.63) is 55.8 Å². The molecule has 112 valence electrons. The molecule has 1 heterocycles. The Hall–Kier alpha value is -1.86. The molecule has 0 fully saturated rings. The number of aromatic nitrogens is 1. The molecule has 0 aliphatic rings. The topological polar surface area (TPSA) is 68.1 Å². The average Bonchev–Trinajstić information content (AvgIpc) is 2.94. The highest BCUT2D eigenvalue weighted by molar-refractivity contribution is 7.09. The molecule has 1 aromatic heterocycles. The highest BCUT2D eigenvalue weighted by Crippen LogP contribution is 2.20. The second kappa shape index (κ2) is 6.73. The maximum absolute atomic E-state index is 13.7. The lowest BCUT2D eigenvalue weighted by Crippen LogP contribution is -2.19. The van der Waals surface area contributed by atoms with Crippen LogP contribution in [0.1, 0.15) is 36.2 Å². The molecule has 0 radical (unpaired) electrons. The van der Waals surface area contributed by atoms with Crippen LogP contribution in [0.3, 0.4) is 0 Å². The third-order valence-electron chi connectivity index (χ3n) is 3.15. The van der Waals surface area contributed by atoms with Gasteiger partial charge in [0.1, 0.15) is 5.82 Å². The first kappa shape index (κ1) is 15.5. The number of nitrogens with zero attached hydrogens (tertiary/aromatic N) is 2. The zero-order chi connectivity index (χ0) is 15.4. The van der Waals surface area contributed by atoms with Crippen molar-refractivity contribution in [2.75, 3.05) is 0 Å². The van der Waals surface area contributed by atoms with Gasteiger partial charge in [0.25, 0.3) is 5.69 Å². The summed E-state index contributed by atoms with van der Waals surface area (Å²) in [7, 11) is 0. The molecule has 0 saturated heterocycles. The fourth-order valence-corrected chi connectivity index (χ4v) is 2.70. The van der Waals surface area contributed by atoms with E-state index in [0.29, 0.717) is 0 Å². The van der Waals surface area contributed by atoms with Crippen LogP contribution in [0.25, 0.3) is 0 Å². The number of nitrogens with one attached hydrogen (secondary N) is 1. The molecule has 1 aromatic carbocycles. The molecule has 0 amide bonds. The van der Waals surface area contributed by atoms with Crippen molar-refractivity contribution in [3.63, 3.8) is 0 Å². The Morgan fingerprint density at radius 3 is 2.90 bits per heavy atom. The van der Waals surface area contributed by atoms with Crippen LogP contribution in [0.4, 0.5) is 10.1 Å². The number of halogens is 1. The zero-order valence-electron chi connectivity index (χ0n) is 11.8. The van der Waals surface area contributed by atoms with Gasteiger partial charge in [-0.05, 0) is 19.4 Å². The first-order valence-corrected chi connectivity index (χ1v) is 7.49. The van der Waals surface area contributed by atoms with Crippen LogP contribution in [-0.4, -0.2) is 9.91 Å². The predicted molar refractivity (Wildman–Crippen MR) is 79.8 cm³/mol. The third kappa shape index (κ3) is 3.83. The highest BCUT2D eigenvalue weighted by Gasteiger charge is 2.13. The molecule has 2 rings (SSSR count). The van der Waals surface area contributed by atoms with E-state index < -0.39 is 10.7 Å². The Balaban J connectivity index is 2.05. The van der Waals surface area contributed by atoms with Gasteiger partial charge in [0, 0.05) is 35.7 Å². The SMILES string of the molecule is CCc1nc(C(C)NCc2cc([N+](=O)[O-])ccc2F)cs1. The molecule has 0 aliphatic heterocycles. The van der Waals surface area contributed by atoms with Gasteiger partial charge in [-0.15, -0.1) is 11.3 Å². The summed E-state index contributed by atoms with van der Waals surface area (Å²) in [4.78, 5) is 14.6. The Kier molecular flexibility index (Phi) is 4.98. The smallest absolute Gasteiger partial charge is 0.269 e. The lowest BCUT2D eigenvalue weighted by Gasteiger charge is -2.12. The van der Waals surface area contributed by atoms with Crippen LogP contribution in [-0.2, 0) is 13.0 Å². The van der Waals surface area contributed by atoms with Crippen molar-refractivity contribution < 1.29 is 9.31 Å². The highest BCUT2D eigenvalue weighted by atomic mass is 32.1. The van der Waals surface area contributed by atoms with Crippen LogP contribution in [0.2, 0.25) is 0 Å². The summed E-state index contributed by atoms with van der Waals surface area (Å²) in [6, 6.07) is 3.50. The van der Waals surface area contributed by atoms with E-state index in [9.17, 15) is 14.5 Å². The van der Waals surface area contributed by atoms with Crippen LogP contribution in [0.5, 0.6) is 0 Å². The lowest BCUT2D eigenvalue weighted by molar-refractivity contribution is -0.385. The largest absolute Gasteiger partial charge is 0.305 e. The number of hydrogen-bond acceptors (Lipinski definition) is 5. The molecule has 21 heavy (non-hydrogen) atoms. The van der Waals surface area contributed by atoms with E-state index >= 15 is 0 Å². The Morgan fingerprint density at radius 1 is 1.52 bits per heavy atom. The third-order valence-corrected chi connectivity index (χ3v) is 4.17. The minimum Gasteiger partial charge on any atom is -0.305 e. The molecule has 0 spiro atoms. The van der Waals surface area contributed by atoms with Crippen molar-refractivity contribution in [1.82, 2.24) is 10.3 Å². The fourth-order valence-electron chi connectivity index (χ4n) is 1.86. The normalized spacial score (nSPS) is 12.3. The summed E-state index contributed by atoms with van der Waals surface area (Å²) in [6.07, 6.45) is 0.886. The Bertz CT molecular complexity index is 645. The molecule has 0 bridgehead atoms.